The van der Waals surface area contributed by atoms with Gasteiger partial charge in [-0.15, -0.1) is 0 Å². The number of hydrogen-bond donors (Lipinski definition) is 2. The summed E-state index contributed by atoms with van der Waals surface area (Å²) < 4.78 is 64.7. The van der Waals surface area contributed by atoms with E-state index in [0.29, 0.717) is 18.7 Å². The second-order valence-electron chi connectivity index (χ2n) is 4.85. The second-order valence-corrected chi connectivity index (χ2v) is 6.62. The van der Waals surface area contributed by atoms with E-state index in [1.807, 2.05) is 0 Å². The Hall–Kier alpha value is -1.28. The van der Waals surface area contributed by atoms with Crippen molar-refractivity contribution in [2.24, 2.45) is 5.92 Å². The van der Waals surface area contributed by atoms with Crippen molar-refractivity contribution in [2.75, 3.05) is 23.6 Å². The molecule has 2 N–H and O–H groups in total. The fraction of sp³-hybridized carbons (Fsp3) is 0.500. The van der Waals surface area contributed by atoms with E-state index >= 15 is 0 Å². The maximum Gasteiger partial charge on any atom is 0.233 e. The van der Waals surface area contributed by atoms with Crippen molar-refractivity contribution in [1.29, 1.82) is 0 Å². The highest BCUT2D eigenvalue weighted by molar-refractivity contribution is 7.92. The summed E-state index contributed by atoms with van der Waals surface area (Å²) >= 11 is 0. The van der Waals surface area contributed by atoms with Gasteiger partial charge in [0, 0.05) is 12.1 Å². The Kier molecular flexibility index (Phi) is 4.54. The molecule has 2 rings (SSSR count). The quantitative estimate of drug-likeness (QED) is 0.835. The van der Waals surface area contributed by atoms with Gasteiger partial charge < -0.3 is 5.32 Å². The summed E-state index contributed by atoms with van der Waals surface area (Å²) in [5, 5.41) is 3.09. The van der Waals surface area contributed by atoms with Crippen LogP contribution in [0.5, 0.6) is 0 Å². The Morgan fingerprint density at radius 1 is 1.25 bits per heavy atom. The zero-order valence-corrected chi connectivity index (χ0v) is 11.4. The zero-order chi connectivity index (χ0) is 14.8. The third kappa shape index (κ3) is 3.86. The van der Waals surface area contributed by atoms with E-state index in [4.69, 9.17) is 0 Å². The van der Waals surface area contributed by atoms with Crippen LogP contribution in [-0.4, -0.2) is 27.3 Å². The molecule has 0 aromatic heterocycles. The fourth-order valence-electron chi connectivity index (χ4n) is 2.21. The lowest BCUT2D eigenvalue weighted by atomic mass is 10.0. The number of benzene rings is 1. The van der Waals surface area contributed by atoms with Gasteiger partial charge in [0.25, 0.3) is 0 Å². The molecule has 0 saturated carbocycles. The Bertz CT molecular complexity index is 563. The van der Waals surface area contributed by atoms with E-state index in [2.05, 4.69) is 10.0 Å². The van der Waals surface area contributed by atoms with Gasteiger partial charge in [-0.05, 0) is 31.8 Å². The molecule has 0 spiro atoms. The van der Waals surface area contributed by atoms with Gasteiger partial charge in [-0.1, -0.05) is 0 Å². The lowest BCUT2D eigenvalue weighted by Gasteiger charge is -2.22. The Labute approximate surface area is 115 Å². The van der Waals surface area contributed by atoms with Crippen LogP contribution in [0.2, 0.25) is 0 Å². The largest absolute Gasteiger partial charge is 0.316 e. The van der Waals surface area contributed by atoms with Gasteiger partial charge in [-0.3, -0.25) is 4.72 Å². The van der Waals surface area contributed by atoms with Crippen molar-refractivity contribution in [3.63, 3.8) is 0 Å². The molecule has 1 aromatic rings. The first kappa shape index (κ1) is 15.1. The molecule has 1 fully saturated rings. The predicted octanol–water partition coefficient (Wildman–Crippen LogP) is 1.85. The number of rotatable bonds is 4. The summed E-state index contributed by atoms with van der Waals surface area (Å²) in [4.78, 5) is 0. The molecule has 1 unspecified atom stereocenters. The molecule has 0 aliphatic carbocycles. The minimum Gasteiger partial charge on any atom is -0.316 e. The topological polar surface area (TPSA) is 58.2 Å². The van der Waals surface area contributed by atoms with Crippen molar-refractivity contribution in [3.8, 4) is 0 Å². The van der Waals surface area contributed by atoms with E-state index in [0.717, 1.165) is 19.4 Å². The first-order chi connectivity index (χ1) is 9.37. The van der Waals surface area contributed by atoms with E-state index in [1.165, 1.54) is 0 Å². The monoisotopic (exact) mass is 308 g/mol. The standard InChI is InChI=1S/C12H15F3N2O2S/c13-10-4-9(5-11(14)12(10)15)17-20(18,19)7-8-2-1-3-16-6-8/h4-5,8,16-17H,1-3,6-7H2. The smallest absolute Gasteiger partial charge is 0.233 e. The average molecular weight is 308 g/mol. The summed E-state index contributed by atoms with van der Waals surface area (Å²) in [6.07, 6.45) is 1.67. The van der Waals surface area contributed by atoms with Crippen LogP contribution >= 0.6 is 0 Å². The van der Waals surface area contributed by atoms with Crippen molar-refractivity contribution in [1.82, 2.24) is 5.32 Å². The molecule has 112 valence electrons. The summed E-state index contributed by atoms with van der Waals surface area (Å²) in [5.74, 6) is -4.66. The fourth-order valence-corrected chi connectivity index (χ4v) is 3.68. The molecule has 4 nitrogen and oxygen atoms in total. The van der Waals surface area contributed by atoms with Crippen molar-refractivity contribution >= 4 is 15.7 Å². The number of nitrogens with one attached hydrogen (secondary N) is 2. The molecule has 0 bridgehead atoms. The molecular weight excluding hydrogens is 293 g/mol. The SMILES string of the molecule is O=S(=O)(CC1CCCNC1)Nc1cc(F)c(F)c(F)c1. The second kappa shape index (κ2) is 6.01. The summed E-state index contributed by atoms with van der Waals surface area (Å²) in [7, 11) is -3.73. The molecule has 1 saturated heterocycles. The van der Waals surface area contributed by atoms with E-state index in [9.17, 15) is 21.6 Å². The van der Waals surface area contributed by atoms with Gasteiger partial charge in [0.1, 0.15) is 0 Å². The molecule has 1 aliphatic rings. The molecular formula is C12H15F3N2O2S. The molecule has 0 amide bonds. The van der Waals surface area contributed by atoms with Gasteiger partial charge in [0.15, 0.2) is 17.5 Å². The van der Waals surface area contributed by atoms with Crippen LogP contribution in [0, 0.1) is 23.4 Å². The highest BCUT2D eigenvalue weighted by atomic mass is 32.2. The lowest BCUT2D eigenvalue weighted by Crippen LogP contribution is -2.35. The summed E-state index contributed by atoms with van der Waals surface area (Å²) in [5.41, 5.74) is -0.315. The molecule has 8 heteroatoms. The first-order valence-electron chi connectivity index (χ1n) is 6.23. The van der Waals surface area contributed by atoms with Crippen molar-refractivity contribution < 1.29 is 21.6 Å². The third-order valence-electron chi connectivity index (χ3n) is 3.11. The maximum absolute atomic E-state index is 13.0. The van der Waals surface area contributed by atoms with Crippen molar-refractivity contribution in [2.45, 2.75) is 12.8 Å². The summed E-state index contributed by atoms with van der Waals surface area (Å²) in [6.45, 7) is 1.45. The van der Waals surface area contributed by atoms with Gasteiger partial charge in [0.2, 0.25) is 10.0 Å². The third-order valence-corrected chi connectivity index (χ3v) is 4.57. The van der Waals surface area contributed by atoms with E-state index in [-0.39, 0.29) is 17.4 Å². The highest BCUT2D eigenvalue weighted by Crippen LogP contribution is 2.20. The minimum atomic E-state index is -3.73. The van der Waals surface area contributed by atoms with Crippen LogP contribution in [0.25, 0.3) is 0 Å². The van der Waals surface area contributed by atoms with Crippen LogP contribution in [-0.2, 0) is 10.0 Å². The maximum atomic E-state index is 13.0. The average Bonchev–Trinajstić information content (AvgIpc) is 2.36. The van der Waals surface area contributed by atoms with Crippen LogP contribution in [0.3, 0.4) is 0 Å². The van der Waals surface area contributed by atoms with E-state index < -0.39 is 27.5 Å². The lowest BCUT2D eigenvalue weighted by molar-refractivity contribution is 0.404. The predicted molar refractivity (Wildman–Crippen MR) is 69.3 cm³/mol. The van der Waals surface area contributed by atoms with Gasteiger partial charge in [0.05, 0.1) is 11.4 Å². The molecule has 1 aromatic carbocycles. The Balaban J connectivity index is 2.07. The molecule has 1 aliphatic heterocycles. The van der Waals surface area contributed by atoms with E-state index in [1.54, 1.807) is 0 Å². The summed E-state index contributed by atoms with van der Waals surface area (Å²) in [6, 6.07) is 1.24. The van der Waals surface area contributed by atoms with Crippen LogP contribution in [0.15, 0.2) is 12.1 Å². The number of sulfonamides is 1. The van der Waals surface area contributed by atoms with Crippen LogP contribution in [0.4, 0.5) is 18.9 Å². The Morgan fingerprint density at radius 3 is 2.45 bits per heavy atom. The Morgan fingerprint density at radius 2 is 1.90 bits per heavy atom. The number of piperidine rings is 1. The van der Waals surface area contributed by atoms with Gasteiger partial charge in [-0.2, -0.15) is 0 Å². The number of halogens is 3. The molecule has 1 atom stereocenters. The van der Waals surface area contributed by atoms with Crippen LogP contribution in [0.1, 0.15) is 12.8 Å². The van der Waals surface area contributed by atoms with Gasteiger partial charge >= 0.3 is 0 Å². The molecule has 0 radical (unpaired) electrons. The molecule has 1 heterocycles. The minimum absolute atomic E-state index is 0.0450. The number of anilines is 1. The van der Waals surface area contributed by atoms with Crippen LogP contribution < -0.4 is 10.0 Å². The first-order valence-corrected chi connectivity index (χ1v) is 7.88. The normalized spacial score (nSPS) is 19.9. The zero-order valence-electron chi connectivity index (χ0n) is 10.6. The van der Waals surface area contributed by atoms with Crippen molar-refractivity contribution in [3.05, 3.63) is 29.6 Å². The van der Waals surface area contributed by atoms with Gasteiger partial charge in [-0.25, -0.2) is 21.6 Å². The highest BCUT2D eigenvalue weighted by Gasteiger charge is 2.22. The molecule has 20 heavy (non-hydrogen) atoms. The number of hydrogen-bond acceptors (Lipinski definition) is 3.